The average molecular weight is 450 g/mol. The number of hydrogen-bond acceptors (Lipinski definition) is 6. The van der Waals surface area contributed by atoms with Crippen LogP contribution >= 0.6 is 39.5 Å². The van der Waals surface area contributed by atoms with Crippen LogP contribution in [0, 0.1) is 0 Å². The summed E-state index contributed by atoms with van der Waals surface area (Å²) in [5.41, 5.74) is 1.53. The van der Waals surface area contributed by atoms with E-state index in [4.69, 9.17) is 0 Å². The van der Waals surface area contributed by atoms with Gasteiger partial charge in [-0.3, -0.25) is 4.79 Å². The van der Waals surface area contributed by atoms with Gasteiger partial charge in [0.1, 0.15) is 0 Å². The van der Waals surface area contributed by atoms with Gasteiger partial charge in [0.15, 0.2) is 0 Å². The lowest BCUT2D eigenvalue weighted by Gasteiger charge is -2.08. The molecular formula is C17H16BrN5OS2. The molecule has 2 aromatic carbocycles. The number of rotatable bonds is 7. The molecule has 0 radical (unpaired) electrons. The monoisotopic (exact) mass is 449 g/mol. The largest absolute Gasteiger partial charge is 0.326 e. The molecule has 0 bridgehead atoms. The molecule has 0 unspecified atom stereocenters. The van der Waals surface area contributed by atoms with Gasteiger partial charge < -0.3 is 5.32 Å². The van der Waals surface area contributed by atoms with Crippen molar-refractivity contribution in [2.45, 2.75) is 16.5 Å². The van der Waals surface area contributed by atoms with E-state index in [1.807, 2.05) is 54.8 Å². The van der Waals surface area contributed by atoms with E-state index in [-0.39, 0.29) is 5.91 Å². The fourth-order valence-electron chi connectivity index (χ4n) is 2.20. The van der Waals surface area contributed by atoms with Crippen LogP contribution in [-0.4, -0.2) is 38.1 Å². The molecule has 0 spiro atoms. The van der Waals surface area contributed by atoms with Crippen LogP contribution in [0.1, 0.15) is 6.42 Å². The highest BCUT2D eigenvalue weighted by molar-refractivity contribution is 9.10. The first-order chi connectivity index (χ1) is 12.7. The van der Waals surface area contributed by atoms with E-state index in [0.717, 1.165) is 26.5 Å². The molecule has 0 aliphatic heterocycles. The van der Waals surface area contributed by atoms with Crippen molar-refractivity contribution < 1.29 is 4.79 Å². The highest BCUT2D eigenvalue weighted by Crippen LogP contribution is 2.22. The van der Waals surface area contributed by atoms with Crippen molar-refractivity contribution in [1.82, 2.24) is 20.2 Å². The van der Waals surface area contributed by atoms with Crippen molar-refractivity contribution in [3.63, 3.8) is 0 Å². The summed E-state index contributed by atoms with van der Waals surface area (Å²) in [6, 6.07) is 15.5. The number of halogens is 1. The van der Waals surface area contributed by atoms with Crippen molar-refractivity contribution in [1.29, 1.82) is 0 Å². The van der Waals surface area contributed by atoms with Crippen LogP contribution in [0.4, 0.5) is 5.69 Å². The van der Waals surface area contributed by atoms with Gasteiger partial charge in [0.2, 0.25) is 11.1 Å². The second kappa shape index (κ2) is 9.20. The van der Waals surface area contributed by atoms with Crippen LogP contribution in [0.2, 0.25) is 0 Å². The summed E-state index contributed by atoms with van der Waals surface area (Å²) in [4.78, 5) is 13.3. The minimum atomic E-state index is -0.0198. The van der Waals surface area contributed by atoms with E-state index in [2.05, 4.69) is 36.8 Å². The van der Waals surface area contributed by atoms with Crippen molar-refractivity contribution in [3.8, 4) is 5.69 Å². The second-order valence-electron chi connectivity index (χ2n) is 5.23. The number of nitrogens with zero attached hydrogens (tertiary/aromatic N) is 4. The molecule has 1 N–H and O–H groups in total. The minimum Gasteiger partial charge on any atom is -0.326 e. The SMILES string of the molecule is CSc1nnnn1-c1cccc(NC(=O)CCSc2ccc(Br)cc2)c1. The second-order valence-corrected chi connectivity index (χ2v) is 8.09. The molecule has 1 heterocycles. The van der Waals surface area contributed by atoms with Crippen molar-refractivity contribution >= 4 is 51.0 Å². The van der Waals surface area contributed by atoms with Gasteiger partial charge in [-0.1, -0.05) is 33.8 Å². The highest BCUT2D eigenvalue weighted by atomic mass is 79.9. The highest BCUT2D eigenvalue weighted by Gasteiger charge is 2.09. The van der Waals surface area contributed by atoms with Gasteiger partial charge in [0.25, 0.3) is 0 Å². The van der Waals surface area contributed by atoms with E-state index in [1.54, 1.807) is 16.4 Å². The maximum absolute atomic E-state index is 12.2. The molecular weight excluding hydrogens is 434 g/mol. The minimum absolute atomic E-state index is 0.0198. The third-order valence-electron chi connectivity index (χ3n) is 3.41. The summed E-state index contributed by atoms with van der Waals surface area (Å²) in [7, 11) is 0. The van der Waals surface area contributed by atoms with Crippen LogP contribution in [0.5, 0.6) is 0 Å². The molecule has 6 nitrogen and oxygen atoms in total. The Morgan fingerprint density at radius 2 is 2.04 bits per heavy atom. The number of nitrogens with one attached hydrogen (secondary N) is 1. The van der Waals surface area contributed by atoms with Gasteiger partial charge in [0.05, 0.1) is 5.69 Å². The lowest BCUT2D eigenvalue weighted by Crippen LogP contribution is -2.12. The third kappa shape index (κ3) is 5.09. The van der Waals surface area contributed by atoms with E-state index >= 15 is 0 Å². The number of benzene rings is 2. The van der Waals surface area contributed by atoms with Crippen LogP contribution in [-0.2, 0) is 4.79 Å². The number of thioether (sulfide) groups is 2. The topological polar surface area (TPSA) is 72.7 Å². The molecule has 0 saturated heterocycles. The molecule has 3 aromatic rings. The van der Waals surface area contributed by atoms with Crippen LogP contribution in [0.25, 0.3) is 5.69 Å². The zero-order chi connectivity index (χ0) is 18.4. The van der Waals surface area contributed by atoms with E-state index < -0.39 is 0 Å². The smallest absolute Gasteiger partial charge is 0.225 e. The van der Waals surface area contributed by atoms with E-state index in [9.17, 15) is 4.79 Å². The average Bonchev–Trinajstić information content (AvgIpc) is 3.12. The Morgan fingerprint density at radius 1 is 1.23 bits per heavy atom. The van der Waals surface area contributed by atoms with Gasteiger partial charge in [-0.25, -0.2) is 0 Å². The van der Waals surface area contributed by atoms with Crippen LogP contribution in [0.3, 0.4) is 0 Å². The maximum Gasteiger partial charge on any atom is 0.225 e. The fraction of sp³-hybridized carbons (Fsp3) is 0.176. The van der Waals surface area contributed by atoms with Crippen molar-refractivity contribution in [3.05, 3.63) is 53.0 Å². The zero-order valence-electron chi connectivity index (χ0n) is 13.9. The van der Waals surface area contributed by atoms with Gasteiger partial charge in [-0.2, -0.15) is 4.68 Å². The number of tetrazole rings is 1. The van der Waals surface area contributed by atoms with Crippen molar-refractivity contribution in [2.24, 2.45) is 0 Å². The normalized spacial score (nSPS) is 10.7. The van der Waals surface area contributed by atoms with Crippen LogP contribution in [0.15, 0.2) is 63.1 Å². The number of carbonyl (C=O) groups excluding carboxylic acids is 1. The molecule has 1 aromatic heterocycles. The molecule has 0 aliphatic carbocycles. The summed E-state index contributed by atoms with van der Waals surface area (Å²) in [6.45, 7) is 0. The van der Waals surface area contributed by atoms with Gasteiger partial charge >= 0.3 is 0 Å². The summed E-state index contributed by atoms with van der Waals surface area (Å²) in [6.07, 6.45) is 2.35. The number of amides is 1. The Bertz CT molecular complexity index is 885. The summed E-state index contributed by atoms with van der Waals surface area (Å²) in [5.74, 6) is 0.699. The molecule has 0 saturated carbocycles. The summed E-state index contributed by atoms with van der Waals surface area (Å²) >= 11 is 6.53. The Kier molecular flexibility index (Phi) is 6.70. The number of anilines is 1. The molecule has 0 aliphatic rings. The first-order valence-corrected chi connectivity index (χ1v) is 10.8. The quantitative estimate of drug-likeness (QED) is 0.542. The van der Waals surface area contributed by atoms with E-state index in [1.165, 1.54) is 11.8 Å². The number of aromatic nitrogens is 4. The molecule has 3 rings (SSSR count). The molecule has 134 valence electrons. The lowest BCUT2D eigenvalue weighted by molar-refractivity contribution is -0.115. The molecule has 0 fully saturated rings. The van der Waals surface area contributed by atoms with Gasteiger partial charge in [-0.15, -0.1) is 16.9 Å². The number of hydrogen-bond donors (Lipinski definition) is 1. The first-order valence-electron chi connectivity index (χ1n) is 7.77. The standard InChI is InChI=1S/C17H16BrN5OS2/c1-25-17-20-21-22-23(17)14-4-2-3-13(11-14)19-16(24)9-10-26-15-7-5-12(18)6-8-15/h2-8,11H,9-10H2,1H3,(H,19,24). The van der Waals surface area contributed by atoms with E-state index in [0.29, 0.717) is 11.6 Å². The predicted octanol–water partition coefficient (Wildman–Crippen LogP) is 4.27. The number of carbonyl (C=O) groups is 1. The lowest BCUT2D eigenvalue weighted by atomic mass is 10.2. The Hall–Kier alpha value is -1.84. The summed E-state index contributed by atoms with van der Waals surface area (Å²) < 4.78 is 2.69. The van der Waals surface area contributed by atoms with Crippen molar-refractivity contribution in [2.75, 3.05) is 17.3 Å². The third-order valence-corrected chi connectivity index (χ3v) is 5.57. The Labute approximate surface area is 168 Å². The maximum atomic E-state index is 12.2. The Morgan fingerprint density at radius 3 is 2.81 bits per heavy atom. The predicted molar refractivity (Wildman–Crippen MR) is 109 cm³/mol. The zero-order valence-corrected chi connectivity index (χ0v) is 17.1. The molecule has 0 atom stereocenters. The first kappa shape index (κ1) is 18.9. The molecule has 26 heavy (non-hydrogen) atoms. The van der Waals surface area contributed by atoms with Gasteiger partial charge in [-0.05, 0) is 59.1 Å². The fourth-order valence-corrected chi connectivity index (χ4v) is 3.75. The summed E-state index contributed by atoms with van der Waals surface area (Å²) in [5, 5.41) is 15.2. The van der Waals surface area contributed by atoms with Gasteiger partial charge in [0, 0.05) is 27.2 Å². The molecule has 9 heteroatoms. The molecule has 1 amide bonds. The van der Waals surface area contributed by atoms with Crippen LogP contribution < -0.4 is 5.32 Å². The Balaban J connectivity index is 1.56.